The molecule has 29 heavy (non-hydrogen) atoms. The first-order valence-corrected chi connectivity index (χ1v) is 10.6. The summed E-state index contributed by atoms with van der Waals surface area (Å²) in [5.74, 6) is -0.584. The lowest BCUT2D eigenvalue weighted by Gasteiger charge is -2.38. The Bertz CT molecular complexity index is 742. The van der Waals surface area contributed by atoms with Crippen LogP contribution in [0.1, 0.15) is 56.9 Å². The fraction of sp³-hybridized carbons (Fsp3) is 0.565. The van der Waals surface area contributed by atoms with Crippen LogP contribution in [0.5, 0.6) is 0 Å². The number of rotatable bonds is 7. The van der Waals surface area contributed by atoms with E-state index in [0.29, 0.717) is 19.3 Å². The van der Waals surface area contributed by atoms with Crippen molar-refractivity contribution in [2.75, 3.05) is 13.1 Å². The van der Waals surface area contributed by atoms with Crippen LogP contribution in [0.2, 0.25) is 0 Å². The molecule has 1 aromatic rings. The van der Waals surface area contributed by atoms with Crippen LogP contribution >= 0.6 is 0 Å². The number of carbonyl (C=O) groups excluding carboxylic acids is 2. The van der Waals surface area contributed by atoms with Gasteiger partial charge < -0.3 is 11.1 Å². The number of nitrogens with two attached hydrogens (primary N) is 1. The highest BCUT2D eigenvalue weighted by atomic mass is 16.2. The predicted octanol–water partition coefficient (Wildman–Crippen LogP) is 2.69. The Morgan fingerprint density at radius 2 is 1.76 bits per heavy atom. The van der Waals surface area contributed by atoms with E-state index >= 15 is 0 Å². The molecule has 3 rings (SSSR count). The zero-order valence-corrected chi connectivity index (χ0v) is 17.0. The van der Waals surface area contributed by atoms with E-state index in [4.69, 9.17) is 5.73 Å². The Hall–Kier alpha value is -2.39. The molecule has 1 saturated heterocycles. The van der Waals surface area contributed by atoms with Gasteiger partial charge in [0.1, 0.15) is 5.54 Å². The maximum absolute atomic E-state index is 12.6. The zero-order valence-electron chi connectivity index (χ0n) is 17.0. The summed E-state index contributed by atoms with van der Waals surface area (Å²) in [6.45, 7) is 2.37. The van der Waals surface area contributed by atoms with Crippen molar-refractivity contribution in [3.63, 3.8) is 0 Å². The SMILES string of the molecule is N#CC1(NC(=O)[CH]CC2(C(N)=O)CCCCC2)CCN(Cc2ccccc2)CC1. The second-order valence-corrected chi connectivity index (χ2v) is 8.56. The molecule has 1 radical (unpaired) electrons. The van der Waals surface area contributed by atoms with Crippen LogP contribution in [-0.4, -0.2) is 35.3 Å². The molecule has 0 spiro atoms. The number of hydrogen-bond acceptors (Lipinski definition) is 4. The Morgan fingerprint density at radius 3 is 2.34 bits per heavy atom. The molecule has 6 heteroatoms. The number of carbonyl (C=O) groups is 2. The van der Waals surface area contributed by atoms with E-state index in [0.717, 1.165) is 51.7 Å². The number of amides is 2. The van der Waals surface area contributed by atoms with Crippen molar-refractivity contribution in [2.24, 2.45) is 11.1 Å². The molecular weight excluding hydrogens is 364 g/mol. The molecule has 0 aromatic heterocycles. The van der Waals surface area contributed by atoms with Gasteiger partial charge in [0.25, 0.3) is 0 Å². The summed E-state index contributed by atoms with van der Waals surface area (Å²) >= 11 is 0. The first-order chi connectivity index (χ1) is 14.0. The van der Waals surface area contributed by atoms with Crippen LogP contribution in [0.3, 0.4) is 0 Å². The molecule has 2 aliphatic rings. The van der Waals surface area contributed by atoms with Crippen molar-refractivity contribution >= 4 is 11.8 Å². The minimum atomic E-state index is -0.840. The van der Waals surface area contributed by atoms with Gasteiger partial charge in [-0.1, -0.05) is 49.6 Å². The first-order valence-electron chi connectivity index (χ1n) is 10.6. The van der Waals surface area contributed by atoms with Crippen LogP contribution in [0.25, 0.3) is 0 Å². The smallest absolute Gasteiger partial charge is 0.225 e. The van der Waals surface area contributed by atoms with Gasteiger partial charge in [-0.3, -0.25) is 14.5 Å². The lowest BCUT2D eigenvalue weighted by molar-refractivity contribution is -0.130. The van der Waals surface area contributed by atoms with Crippen LogP contribution in [0.4, 0.5) is 0 Å². The van der Waals surface area contributed by atoms with E-state index in [1.165, 1.54) is 12.0 Å². The van der Waals surface area contributed by atoms with E-state index in [2.05, 4.69) is 28.4 Å². The van der Waals surface area contributed by atoms with Gasteiger partial charge in [-0.05, 0) is 37.7 Å². The van der Waals surface area contributed by atoms with Crippen LogP contribution < -0.4 is 11.1 Å². The number of nitriles is 1. The highest BCUT2D eigenvalue weighted by Crippen LogP contribution is 2.39. The monoisotopic (exact) mass is 395 g/mol. The van der Waals surface area contributed by atoms with E-state index < -0.39 is 11.0 Å². The van der Waals surface area contributed by atoms with Crippen molar-refractivity contribution in [2.45, 2.75) is 63.5 Å². The first kappa shape index (κ1) is 21.3. The van der Waals surface area contributed by atoms with Crippen molar-refractivity contribution in [3.05, 3.63) is 42.3 Å². The molecule has 0 atom stereocenters. The van der Waals surface area contributed by atoms with Gasteiger partial charge >= 0.3 is 0 Å². The fourth-order valence-electron chi connectivity index (χ4n) is 4.55. The molecule has 1 aliphatic heterocycles. The molecule has 6 nitrogen and oxygen atoms in total. The predicted molar refractivity (Wildman–Crippen MR) is 111 cm³/mol. The van der Waals surface area contributed by atoms with Gasteiger partial charge in [0.2, 0.25) is 11.8 Å². The normalized spacial score (nSPS) is 21.1. The third-order valence-electron chi connectivity index (χ3n) is 6.55. The summed E-state index contributed by atoms with van der Waals surface area (Å²) in [5, 5.41) is 12.7. The van der Waals surface area contributed by atoms with Gasteiger partial charge in [-0.25, -0.2) is 0 Å². The third kappa shape index (κ3) is 5.36. The molecule has 0 bridgehead atoms. The van der Waals surface area contributed by atoms with Crippen molar-refractivity contribution in [1.82, 2.24) is 10.2 Å². The van der Waals surface area contributed by atoms with Crippen molar-refractivity contribution < 1.29 is 9.59 Å². The maximum Gasteiger partial charge on any atom is 0.225 e. The number of hydrogen-bond donors (Lipinski definition) is 2. The maximum atomic E-state index is 12.6. The van der Waals surface area contributed by atoms with E-state index in [-0.39, 0.29) is 11.8 Å². The zero-order chi connectivity index (χ0) is 20.7. The highest BCUT2D eigenvalue weighted by molar-refractivity contribution is 5.88. The average Bonchev–Trinajstić information content (AvgIpc) is 2.75. The molecular formula is C23H31N4O2. The number of likely N-dealkylation sites (tertiary alicyclic amines) is 1. The summed E-state index contributed by atoms with van der Waals surface area (Å²) in [5.41, 5.74) is 5.46. The molecule has 1 saturated carbocycles. The average molecular weight is 396 g/mol. The molecule has 1 aromatic carbocycles. The van der Waals surface area contributed by atoms with E-state index in [1.54, 1.807) is 0 Å². The minimum absolute atomic E-state index is 0.269. The molecule has 0 unspecified atom stereocenters. The van der Waals surface area contributed by atoms with Gasteiger partial charge in [0.15, 0.2) is 0 Å². The topological polar surface area (TPSA) is 99.2 Å². The van der Waals surface area contributed by atoms with Gasteiger partial charge in [-0.15, -0.1) is 0 Å². The summed E-state index contributed by atoms with van der Waals surface area (Å²) in [7, 11) is 0. The molecule has 3 N–H and O–H groups in total. The Balaban J connectivity index is 1.51. The molecule has 155 valence electrons. The highest BCUT2D eigenvalue weighted by Gasteiger charge is 2.40. The van der Waals surface area contributed by atoms with Crippen LogP contribution in [-0.2, 0) is 16.1 Å². The van der Waals surface area contributed by atoms with Crippen molar-refractivity contribution in [1.29, 1.82) is 5.26 Å². The summed E-state index contributed by atoms with van der Waals surface area (Å²) < 4.78 is 0. The summed E-state index contributed by atoms with van der Waals surface area (Å²) in [6.07, 6.45) is 7.61. The second-order valence-electron chi connectivity index (χ2n) is 8.56. The van der Waals surface area contributed by atoms with Crippen molar-refractivity contribution in [3.8, 4) is 6.07 Å². The lowest BCUT2D eigenvalue weighted by Crippen LogP contribution is -2.54. The Kier molecular flexibility index (Phi) is 6.92. The molecule has 2 fully saturated rings. The summed E-state index contributed by atoms with van der Waals surface area (Å²) in [6, 6.07) is 12.6. The summed E-state index contributed by atoms with van der Waals surface area (Å²) in [4.78, 5) is 26.9. The van der Waals surface area contributed by atoms with E-state index in [9.17, 15) is 14.9 Å². The van der Waals surface area contributed by atoms with Gasteiger partial charge in [0, 0.05) is 25.0 Å². The molecule has 2 amide bonds. The third-order valence-corrected chi connectivity index (χ3v) is 6.55. The molecule has 1 heterocycles. The fourth-order valence-corrected chi connectivity index (χ4v) is 4.55. The van der Waals surface area contributed by atoms with Crippen LogP contribution in [0, 0.1) is 23.2 Å². The lowest BCUT2D eigenvalue weighted by atomic mass is 9.70. The van der Waals surface area contributed by atoms with Gasteiger partial charge in [-0.2, -0.15) is 5.26 Å². The number of nitrogens with one attached hydrogen (secondary N) is 1. The van der Waals surface area contributed by atoms with Crippen LogP contribution in [0.15, 0.2) is 30.3 Å². The second kappa shape index (κ2) is 9.41. The van der Waals surface area contributed by atoms with Gasteiger partial charge in [0.05, 0.1) is 12.5 Å². The van der Waals surface area contributed by atoms with E-state index in [1.807, 2.05) is 18.2 Å². The molecule has 1 aliphatic carbocycles. The number of primary amides is 1. The number of benzene rings is 1. The minimum Gasteiger partial charge on any atom is -0.369 e. The largest absolute Gasteiger partial charge is 0.369 e. The standard InChI is InChI=1S/C23H31N4O2/c24-18-23(13-15-27(16-14-23)17-19-7-3-1-4-8-19)26-20(28)9-12-22(21(25)29)10-5-2-6-11-22/h1,3-4,7-9H,2,5-6,10-17H2,(H2,25,29)(H,26,28). The quantitative estimate of drug-likeness (QED) is 0.741. The number of nitrogens with zero attached hydrogens (tertiary/aromatic N) is 2. The Morgan fingerprint density at radius 1 is 1.10 bits per heavy atom. The number of piperidine rings is 1. The Labute approximate surface area is 173 Å².